The lowest BCUT2D eigenvalue weighted by Gasteiger charge is -2.30. The van der Waals surface area contributed by atoms with E-state index in [1.54, 1.807) is 23.8 Å². The minimum Gasteiger partial charge on any atom is -0.497 e. The van der Waals surface area contributed by atoms with E-state index in [4.69, 9.17) is 4.74 Å². The van der Waals surface area contributed by atoms with Gasteiger partial charge in [-0.05, 0) is 48.5 Å². The van der Waals surface area contributed by atoms with Crippen LogP contribution in [0.2, 0.25) is 0 Å². The molecule has 2 heterocycles. The Labute approximate surface area is 188 Å². The molecule has 0 atom stereocenters. The maximum atomic E-state index is 13.3. The first-order valence-corrected chi connectivity index (χ1v) is 11.4. The number of aromatic nitrogens is 3. The number of carbonyl (C=O) groups excluding carboxylic acids is 1. The summed E-state index contributed by atoms with van der Waals surface area (Å²) in [6.45, 7) is 0. The van der Waals surface area contributed by atoms with Crippen LogP contribution in [0.25, 0.3) is 11.4 Å². The molecule has 0 aliphatic carbocycles. The highest BCUT2D eigenvalue weighted by Gasteiger charge is 2.28. The third-order valence-corrected chi connectivity index (χ3v) is 6.80. The number of H-pyrrole nitrogens is 1. The first-order valence-electron chi connectivity index (χ1n) is 9.61. The Bertz CT molecular complexity index is 1190. The van der Waals surface area contributed by atoms with Gasteiger partial charge >= 0.3 is 0 Å². The average Bonchev–Trinajstić information content (AvgIpc) is 3.30. The topological polar surface area (TPSA) is 71.1 Å². The summed E-state index contributed by atoms with van der Waals surface area (Å²) < 4.78 is 5.19. The number of ether oxygens (including phenoxy) is 1. The Kier molecular flexibility index (Phi) is 5.40. The van der Waals surface area contributed by atoms with E-state index in [1.807, 2.05) is 72.8 Å². The van der Waals surface area contributed by atoms with Crippen LogP contribution in [-0.2, 0) is 4.79 Å². The predicted molar refractivity (Wildman–Crippen MR) is 123 cm³/mol. The summed E-state index contributed by atoms with van der Waals surface area (Å²) in [5.74, 6) is 1.65. The lowest BCUT2D eigenvalue weighted by molar-refractivity contribution is -0.115. The Morgan fingerprint density at radius 2 is 1.65 bits per heavy atom. The van der Waals surface area contributed by atoms with E-state index in [0.29, 0.717) is 11.0 Å². The van der Waals surface area contributed by atoms with Crippen molar-refractivity contribution in [2.75, 3.05) is 17.8 Å². The van der Waals surface area contributed by atoms with E-state index in [1.165, 1.54) is 11.8 Å². The van der Waals surface area contributed by atoms with Gasteiger partial charge in [-0.15, -0.1) is 5.10 Å². The van der Waals surface area contributed by atoms with Gasteiger partial charge in [-0.1, -0.05) is 47.8 Å². The summed E-state index contributed by atoms with van der Waals surface area (Å²) in [6.07, 6.45) is 0. The third kappa shape index (κ3) is 3.92. The van der Waals surface area contributed by atoms with E-state index in [2.05, 4.69) is 15.2 Å². The van der Waals surface area contributed by atoms with Crippen LogP contribution < -0.4 is 9.64 Å². The highest BCUT2D eigenvalue weighted by Crippen LogP contribution is 2.48. The van der Waals surface area contributed by atoms with Gasteiger partial charge in [0.2, 0.25) is 11.1 Å². The number of thioether (sulfide) groups is 1. The van der Waals surface area contributed by atoms with Crippen molar-refractivity contribution >= 4 is 40.8 Å². The second-order valence-corrected chi connectivity index (χ2v) is 8.78. The molecule has 1 amide bonds. The Hall–Kier alpha value is -3.23. The number of para-hydroxylation sites is 2. The molecular formula is C23H18N4O2S2. The van der Waals surface area contributed by atoms with E-state index in [0.717, 1.165) is 32.5 Å². The fraction of sp³-hybridized carbons (Fsp3) is 0.0870. The van der Waals surface area contributed by atoms with Crippen LogP contribution in [0.1, 0.15) is 0 Å². The lowest BCUT2D eigenvalue weighted by Crippen LogP contribution is -2.30. The maximum Gasteiger partial charge on any atom is 0.242 e. The molecular weight excluding hydrogens is 428 g/mol. The molecule has 5 rings (SSSR count). The molecule has 1 aromatic heterocycles. The van der Waals surface area contributed by atoms with Gasteiger partial charge in [-0.3, -0.25) is 14.8 Å². The van der Waals surface area contributed by atoms with Gasteiger partial charge in [0.15, 0.2) is 5.82 Å². The zero-order valence-corrected chi connectivity index (χ0v) is 18.2. The molecule has 6 nitrogen and oxygen atoms in total. The van der Waals surface area contributed by atoms with E-state index < -0.39 is 0 Å². The second kappa shape index (κ2) is 8.49. The molecule has 0 unspecified atom stereocenters. The number of anilines is 2. The van der Waals surface area contributed by atoms with Gasteiger partial charge in [0.1, 0.15) is 5.75 Å². The van der Waals surface area contributed by atoms with E-state index in [9.17, 15) is 4.79 Å². The molecule has 0 fully saturated rings. The second-order valence-electron chi connectivity index (χ2n) is 6.75. The molecule has 4 aromatic rings. The van der Waals surface area contributed by atoms with Crippen LogP contribution >= 0.6 is 23.5 Å². The monoisotopic (exact) mass is 446 g/mol. The molecule has 0 spiro atoms. The first kappa shape index (κ1) is 19.7. The van der Waals surface area contributed by atoms with Crippen molar-refractivity contribution in [3.8, 4) is 17.1 Å². The third-order valence-electron chi connectivity index (χ3n) is 4.83. The number of fused-ring (bicyclic) bond motifs is 2. The van der Waals surface area contributed by atoms with Crippen molar-refractivity contribution in [1.82, 2.24) is 15.2 Å². The first-order chi connectivity index (χ1) is 15.2. The molecule has 0 radical (unpaired) electrons. The van der Waals surface area contributed by atoms with Gasteiger partial charge in [0, 0.05) is 15.4 Å². The Balaban J connectivity index is 1.34. The van der Waals surface area contributed by atoms with Crippen molar-refractivity contribution in [2.24, 2.45) is 0 Å². The maximum absolute atomic E-state index is 13.3. The predicted octanol–water partition coefficient (Wildman–Crippen LogP) is 5.40. The Morgan fingerprint density at radius 1 is 1.00 bits per heavy atom. The number of rotatable bonds is 5. The molecule has 0 bridgehead atoms. The summed E-state index contributed by atoms with van der Waals surface area (Å²) in [4.78, 5) is 21.7. The number of hydrogen-bond donors (Lipinski definition) is 1. The molecule has 1 N–H and O–H groups in total. The van der Waals surface area contributed by atoms with Crippen molar-refractivity contribution in [3.63, 3.8) is 0 Å². The molecule has 8 heteroatoms. The minimum absolute atomic E-state index is 0.0130. The standard InChI is InChI=1S/C23H18N4O2S2/c1-29-16-12-10-15(11-13-16)22-24-23(26-25-22)30-14-21(28)27-17-6-2-4-8-19(17)31-20-9-5-3-7-18(20)27/h2-13H,14H2,1H3,(H,24,25,26). The number of aromatic amines is 1. The van der Waals surface area contributed by atoms with E-state index >= 15 is 0 Å². The van der Waals surface area contributed by atoms with Crippen molar-refractivity contribution in [1.29, 1.82) is 0 Å². The smallest absolute Gasteiger partial charge is 0.242 e. The summed E-state index contributed by atoms with van der Waals surface area (Å²) in [5, 5.41) is 7.74. The van der Waals surface area contributed by atoms with Crippen molar-refractivity contribution in [3.05, 3.63) is 72.8 Å². The van der Waals surface area contributed by atoms with E-state index in [-0.39, 0.29) is 11.7 Å². The van der Waals surface area contributed by atoms with Gasteiger partial charge in [0.05, 0.1) is 24.2 Å². The summed E-state index contributed by atoms with van der Waals surface area (Å²) in [6, 6.07) is 23.5. The van der Waals surface area contributed by atoms with Gasteiger partial charge in [0.25, 0.3) is 0 Å². The molecule has 3 aromatic carbocycles. The van der Waals surface area contributed by atoms with Gasteiger partial charge < -0.3 is 4.74 Å². The summed E-state index contributed by atoms with van der Waals surface area (Å²) in [5.41, 5.74) is 2.72. The van der Waals surface area contributed by atoms with Gasteiger partial charge in [-0.25, -0.2) is 4.98 Å². The average molecular weight is 447 g/mol. The number of carbonyl (C=O) groups is 1. The summed E-state index contributed by atoms with van der Waals surface area (Å²) in [7, 11) is 1.63. The molecule has 0 saturated carbocycles. The van der Waals surface area contributed by atoms with Crippen LogP contribution in [0.5, 0.6) is 5.75 Å². The molecule has 1 aliphatic rings. The largest absolute Gasteiger partial charge is 0.497 e. The molecule has 31 heavy (non-hydrogen) atoms. The van der Waals surface area contributed by atoms with Crippen molar-refractivity contribution < 1.29 is 9.53 Å². The van der Waals surface area contributed by atoms with Crippen LogP contribution in [0.3, 0.4) is 0 Å². The van der Waals surface area contributed by atoms with Gasteiger partial charge in [-0.2, -0.15) is 0 Å². The summed E-state index contributed by atoms with van der Waals surface area (Å²) >= 11 is 3.00. The number of methoxy groups -OCH3 is 1. The number of benzene rings is 3. The van der Waals surface area contributed by atoms with Crippen LogP contribution in [0.15, 0.2) is 87.7 Å². The molecule has 1 aliphatic heterocycles. The zero-order chi connectivity index (χ0) is 21.2. The SMILES string of the molecule is COc1ccc(-c2nc(SCC(=O)N3c4ccccc4Sc4ccccc43)n[nH]2)cc1. The number of nitrogens with one attached hydrogen (secondary N) is 1. The lowest BCUT2D eigenvalue weighted by atomic mass is 10.2. The number of nitrogens with zero attached hydrogens (tertiary/aromatic N) is 3. The highest BCUT2D eigenvalue weighted by molar-refractivity contribution is 8.00. The molecule has 154 valence electrons. The Morgan fingerprint density at radius 3 is 2.29 bits per heavy atom. The molecule has 0 saturated heterocycles. The number of amides is 1. The van der Waals surface area contributed by atoms with Crippen LogP contribution in [-0.4, -0.2) is 34.0 Å². The van der Waals surface area contributed by atoms with Crippen LogP contribution in [0, 0.1) is 0 Å². The fourth-order valence-electron chi connectivity index (χ4n) is 3.35. The minimum atomic E-state index is -0.0130. The number of hydrogen-bond acceptors (Lipinski definition) is 6. The van der Waals surface area contributed by atoms with Crippen LogP contribution in [0.4, 0.5) is 11.4 Å². The quantitative estimate of drug-likeness (QED) is 0.414. The normalized spacial score (nSPS) is 12.2. The van der Waals surface area contributed by atoms with Crippen molar-refractivity contribution in [2.45, 2.75) is 14.9 Å². The highest BCUT2D eigenvalue weighted by atomic mass is 32.2. The zero-order valence-electron chi connectivity index (χ0n) is 16.6. The fourth-order valence-corrected chi connectivity index (χ4v) is 5.06.